The Morgan fingerprint density at radius 2 is 1.96 bits per heavy atom. The van der Waals surface area contributed by atoms with Crippen LogP contribution in [-0.4, -0.2) is 34.6 Å². The SMILES string of the molecule is C=CCNS(=O)(=O)c1cccc(C(=O)Nc2ccc(OCC)c(OC)c2)c1. The zero-order valence-corrected chi connectivity index (χ0v) is 16.0. The van der Waals surface area contributed by atoms with Crippen LogP contribution in [0.2, 0.25) is 0 Å². The quantitative estimate of drug-likeness (QED) is 0.642. The molecule has 2 N–H and O–H groups in total. The molecule has 0 aliphatic carbocycles. The molecule has 144 valence electrons. The van der Waals surface area contributed by atoms with Crippen LogP contribution in [0.1, 0.15) is 17.3 Å². The number of methoxy groups -OCH3 is 1. The van der Waals surface area contributed by atoms with Crippen molar-refractivity contribution in [3.63, 3.8) is 0 Å². The van der Waals surface area contributed by atoms with Crippen molar-refractivity contribution < 1.29 is 22.7 Å². The number of hydrogen-bond donors (Lipinski definition) is 2. The summed E-state index contributed by atoms with van der Waals surface area (Å²) in [7, 11) is -2.20. The van der Waals surface area contributed by atoms with Gasteiger partial charge in [0.15, 0.2) is 11.5 Å². The number of ether oxygens (including phenoxy) is 2. The first-order valence-electron chi connectivity index (χ1n) is 8.24. The zero-order valence-electron chi connectivity index (χ0n) is 15.2. The highest BCUT2D eigenvalue weighted by atomic mass is 32.2. The number of nitrogens with one attached hydrogen (secondary N) is 2. The summed E-state index contributed by atoms with van der Waals surface area (Å²) in [5.74, 6) is 0.612. The average Bonchev–Trinajstić information content (AvgIpc) is 2.67. The van der Waals surface area contributed by atoms with Crippen LogP contribution in [0.15, 0.2) is 60.0 Å². The van der Waals surface area contributed by atoms with E-state index in [4.69, 9.17) is 9.47 Å². The molecular formula is C19H22N2O5S. The Morgan fingerprint density at radius 1 is 1.19 bits per heavy atom. The summed E-state index contributed by atoms with van der Waals surface area (Å²) in [6.07, 6.45) is 1.44. The lowest BCUT2D eigenvalue weighted by Crippen LogP contribution is -2.24. The number of amides is 1. The first-order chi connectivity index (χ1) is 12.9. The largest absolute Gasteiger partial charge is 0.493 e. The third kappa shape index (κ3) is 5.32. The van der Waals surface area contributed by atoms with Crippen LogP contribution in [0.5, 0.6) is 11.5 Å². The number of anilines is 1. The molecule has 0 bridgehead atoms. The predicted octanol–water partition coefficient (Wildman–Crippen LogP) is 2.81. The lowest BCUT2D eigenvalue weighted by molar-refractivity contribution is 0.102. The van der Waals surface area contributed by atoms with Gasteiger partial charge in [-0.2, -0.15) is 0 Å². The molecule has 0 spiro atoms. The molecule has 2 aromatic rings. The second-order valence-corrected chi connectivity index (χ2v) is 7.19. The Kier molecular flexibility index (Phi) is 6.98. The number of benzene rings is 2. The smallest absolute Gasteiger partial charge is 0.255 e. The monoisotopic (exact) mass is 390 g/mol. The van der Waals surface area contributed by atoms with Crippen LogP contribution in [0.4, 0.5) is 5.69 Å². The summed E-state index contributed by atoms with van der Waals surface area (Å²) < 4.78 is 37.4. The minimum absolute atomic E-state index is 0.00118. The second-order valence-electron chi connectivity index (χ2n) is 5.42. The molecule has 0 fully saturated rings. The first kappa shape index (κ1) is 20.5. The van der Waals surface area contributed by atoms with Gasteiger partial charge >= 0.3 is 0 Å². The molecule has 0 heterocycles. The molecule has 0 aromatic heterocycles. The maximum Gasteiger partial charge on any atom is 0.255 e. The van der Waals surface area contributed by atoms with Gasteiger partial charge in [0.2, 0.25) is 10.0 Å². The molecule has 0 unspecified atom stereocenters. The molecule has 2 aromatic carbocycles. The average molecular weight is 390 g/mol. The fourth-order valence-electron chi connectivity index (χ4n) is 2.28. The Balaban J connectivity index is 2.21. The van der Waals surface area contributed by atoms with E-state index in [1.807, 2.05) is 6.92 Å². The molecule has 27 heavy (non-hydrogen) atoms. The Morgan fingerprint density at radius 3 is 2.63 bits per heavy atom. The van der Waals surface area contributed by atoms with E-state index in [9.17, 15) is 13.2 Å². The van der Waals surface area contributed by atoms with E-state index in [0.717, 1.165) is 0 Å². The van der Waals surface area contributed by atoms with Crippen LogP contribution in [0.3, 0.4) is 0 Å². The Hall–Kier alpha value is -2.84. The topological polar surface area (TPSA) is 93.7 Å². The standard InChI is InChI=1S/C19H22N2O5S/c1-4-11-20-27(23,24)16-8-6-7-14(12-16)19(22)21-15-9-10-17(26-5-2)18(13-15)25-3/h4,6-10,12-13,20H,1,5,11H2,2-3H3,(H,21,22). The number of carbonyl (C=O) groups excluding carboxylic acids is 1. The highest BCUT2D eigenvalue weighted by Gasteiger charge is 2.16. The van der Waals surface area contributed by atoms with Gasteiger partial charge < -0.3 is 14.8 Å². The van der Waals surface area contributed by atoms with Gasteiger partial charge in [0.05, 0.1) is 18.6 Å². The maximum absolute atomic E-state index is 12.5. The third-order valence-corrected chi connectivity index (χ3v) is 4.97. The molecule has 0 aliphatic heterocycles. The van der Waals surface area contributed by atoms with Crippen molar-refractivity contribution in [3.8, 4) is 11.5 Å². The van der Waals surface area contributed by atoms with E-state index in [2.05, 4.69) is 16.6 Å². The van der Waals surface area contributed by atoms with Crippen molar-refractivity contribution in [3.05, 3.63) is 60.7 Å². The predicted molar refractivity (Wildman–Crippen MR) is 104 cm³/mol. The molecule has 2 rings (SSSR count). The number of sulfonamides is 1. The molecule has 0 radical (unpaired) electrons. The maximum atomic E-state index is 12.5. The van der Waals surface area contributed by atoms with Crippen LogP contribution in [0.25, 0.3) is 0 Å². The normalized spacial score (nSPS) is 10.9. The molecule has 7 nitrogen and oxygen atoms in total. The summed E-state index contributed by atoms with van der Waals surface area (Å²) in [5.41, 5.74) is 0.711. The van der Waals surface area contributed by atoms with Crippen LogP contribution >= 0.6 is 0 Å². The van der Waals surface area contributed by atoms with E-state index in [1.54, 1.807) is 18.2 Å². The van der Waals surface area contributed by atoms with E-state index in [0.29, 0.717) is 23.8 Å². The van der Waals surface area contributed by atoms with E-state index in [1.165, 1.54) is 37.5 Å². The number of hydrogen-bond acceptors (Lipinski definition) is 5. The van der Waals surface area contributed by atoms with Gasteiger partial charge in [-0.25, -0.2) is 13.1 Å². The minimum atomic E-state index is -3.71. The summed E-state index contributed by atoms with van der Waals surface area (Å²) in [4.78, 5) is 12.5. The molecule has 0 saturated carbocycles. The molecule has 0 atom stereocenters. The fraction of sp³-hybridized carbons (Fsp3) is 0.211. The second kappa shape index (κ2) is 9.20. The van der Waals surface area contributed by atoms with Gasteiger partial charge in [-0.05, 0) is 37.3 Å². The van der Waals surface area contributed by atoms with Crippen molar-refractivity contribution >= 4 is 21.6 Å². The van der Waals surface area contributed by atoms with Crippen LogP contribution < -0.4 is 19.5 Å². The Labute approximate surface area is 159 Å². The summed E-state index contributed by atoms with van der Waals surface area (Å²) in [5, 5.41) is 2.72. The number of rotatable bonds is 9. The van der Waals surface area contributed by atoms with Gasteiger partial charge in [0.25, 0.3) is 5.91 Å². The van der Waals surface area contributed by atoms with Gasteiger partial charge in [-0.15, -0.1) is 6.58 Å². The van der Waals surface area contributed by atoms with Gasteiger partial charge in [-0.1, -0.05) is 12.1 Å². The molecule has 0 aliphatic rings. The fourth-order valence-corrected chi connectivity index (χ4v) is 3.32. The van der Waals surface area contributed by atoms with Gasteiger partial charge in [-0.3, -0.25) is 4.79 Å². The summed E-state index contributed by atoms with van der Waals surface area (Å²) >= 11 is 0. The minimum Gasteiger partial charge on any atom is -0.493 e. The first-order valence-corrected chi connectivity index (χ1v) is 9.72. The highest BCUT2D eigenvalue weighted by molar-refractivity contribution is 7.89. The van der Waals surface area contributed by atoms with Crippen molar-refractivity contribution in [2.24, 2.45) is 0 Å². The number of carbonyl (C=O) groups is 1. The molecule has 8 heteroatoms. The Bertz CT molecular complexity index is 925. The van der Waals surface area contributed by atoms with Crippen molar-refractivity contribution in [2.45, 2.75) is 11.8 Å². The van der Waals surface area contributed by atoms with E-state index in [-0.39, 0.29) is 17.0 Å². The van der Waals surface area contributed by atoms with Crippen LogP contribution in [0, 0.1) is 0 Å². The molecule has 1 amide bonds. The highest BCUT2D eigenvalue weighted by Crippen LogP contribution is 2.30. The third-order valence-electron chi connectivity index (χ3n) is 3.55. The van der Waals surface area contributed by atoms with Crippen molar-refractivity contribution in [2.75, 3.05) is 25.6 Å². The molecular weight excluding hydrogens is 368 g/mol. The lowest BCUT2D eigenvalue weighted by atomic mass is 10.2. The van der Waals surface area contributed by atoms with Gasteiger partial charge in [0.1, 0.15) is 0 Å². The lowest BCUT2D eigenvalue weighted by Gasteiger charge is -2.12. The summed E-state index contributed by atoms with van der Waals surface area (Å²) in [6, 6.07) is 10.8. The molecule has 0 saturated heterocycles. The van der Waals surface area contributed by atoms with Crippen LogP contribution in [-0.2, 0) is 10.0 Å². The van der Waals surface area contributed by atoms with E-state index < -0.39 is 15.9 Å². The van der Waals surface area contributed by atoms with Gasteiger partial charge in [0, 0.05) is 23.9 Å². The zero-order chi connectivity index (χ0) is 19.9. The van der Waals surface area contributed by atoms with Crippen molar-refractivity contribution in [1.82, 2.24) is 4.72 Å². The van der Waals surface area contributed by atoms with E-state index >= 15 is 0 Å². The van der Waals surface area contributed by atoms with Crippen molar-refractivity contribution in [1.29, 1.82) is 0 Å². The summed E-state index contributed by atoms with van der Waals surface area (Å²) in [6.45, 7) is 5.92.